The van der Waals surface area contributed by atoms with Crippen molar-refractivity contribution in [2.24, 2.45) is 0 Å². The molecule has 0 bridgehead atoms. The Bertz CT molecular complexity index is 657. The van der Waals surface area contributed by atoms with Gasteiger partial charge in [0, 0.05) is 25.4 Å². The summed E-state index contributed by atoms with van der Waals surface area (Å²) in [6, 6.07) is 0.609. The van der Waals surface area contributed by atoms with Gasteiger partial charge in [0.1, 0.15) is 0 Å². The van der Waals surface area contributed by atoms with Crippen LogP contribution in [0.2, 0.25) is 0 Å². The number of aromatic nitrogens is 1. The van der Waals surface area contributed by atoms with E-state index in [0.717, 1.165) is 6.20 Å². The van der Waals surface area contributed by atoms with Crippen LogP contribution in [0.3, 0.4) is 0 Å². The summed E-state index contributed by atoms with van der Waals surface area (Å²) in [7, 11) is -4.88. The van der Waals surface area contributed by atoms with Crippen molar-refractivity contribution in [1.29, 1.82) is 0 Å². The summed E-state index contributed by atoms with van der Waals surface area (Å²) >= 11 is 0. The van der Waals surface area contributed by atoms with E-state index < -0.39 is 51.4 Å². The first kappa shape index (κ1) is 17.0. The average Bonchev–Trinajstić information content (AvgIpc) is 2.36. The molecular weight excluding hydrogens is 317 g/mol. The SMILES string of the molecule is O=C(NCCC(=O)S(=O)(=O)O)c1cnccc1C(F)(F)F. The average molecular weight is 326 g/mol. The molecule has 1 aromatic rings. The molecule has 1 aromatic heterocycles. The summed E-state index contributed by atoms with van der Waals surface area (Å²) in [5.74, 6) is -1.17. The molecule has 0 unspecified atom stereocenters. The lowest BCUT2D eigenvalue weighted by Gasteiger charge is -2.11. The van der Waals surface area contributed by atoms with Gasteiger partial charge in [-0.15, -0.1) is 0 Å². The molecule has 0 fully saturated rings. The monoisotopic (exact) mass is 326 g/mol. The molecule has 7 nitrogen and oxygen atoms in total. The van der Waals surface area contributed by atoms with Crippen LogP contribution >= 0.6 is 0 Å². The van der Waals surface area contributed by atoms with Crippen molar-refractivity contribution in [2.45, 2.75) is 12.6 Å². The Morgan fingerprint density at radius 3 is 2.48 bits per heavy atom. The largest absolute Gasteiger partial charge is 0.417 e. The Balaban J connectivity index is 2.76. The third-order valence-electron chi connectivity index (χ3n) is 2.27. The maximum atomic E-state index is 12.6. The highest BCUT2D eigenvalue weighted by atomic mass is 32.2. The normalized spacial score (nSPS) is 12.0. The van der Waals surface area contributed by atoms with Crippen molar-refractivity contribution >= 4 is 21.1 Å². The number of hydrogen-bond acceptors (Lipinski definition) is 5. The van der Waals surface area contributed by atoms with Gasteiger partial charge in [-0.25, -0.2) is 0 Å². The maximum Gasteiger partial charge on any atom is 0.417 e. The molecule has 0 atom stereocenters. The van der Waals surface area contributed by atoms with E-state index in [2.05, 4.69) is 4.98 Å². The number of carbonyl (C=O) groups is 2. The summed E-state index contributed by atoms with van der Waals surface area (Å²) in [5, 5.41) is 0.388. The van der Waals surface area contributed by atoms with E-state index in [0.29, 0.717) is 12.3 Å². The van der Waals surface area contributed by atoms with Crippen molar-refractivity contribution in [1.82, 2.24) is 10.3 Å². The third-order valence-corrected chi connectivity index (χ3v) is 3.05. The van der Waals surface area contributed by atoms with Crippen molar-refractivity contribution in [2.75, 3.05) is 6.54 Å². The van der Waals surface area contributed by atoms with E-state index in [-0.39, 0.29) is 0 Å². The predicted molar refractivity (Wildman–Crippen MR) is 62.7 cm³/mol. The van der Waals surface area contributed by atoms with E-state index in [1.165, 1.54) is 0 Å². The fourth-order valence-corrected chi connectivity index (χ4v) is 1.68. The van der Waals surface area contributed by atoms with Gasteiger partial charge in [-0.3, -0.25) is 19.1 Å². The van der Waals surface area contributed by atoms with Gasteiger partial charge in [-0.2, -0.15) is 21.6 Å². The first-order valence-electron chi connectivity index (χ1n) is 5.33. The fraction of sp³-hybridized carbons (Fsp3) is 0.300. The van der Waals surface area contributed by atoms with Crippen molar-refractivity contribution in [3.05, 3.63) is 29.6 Å². The molecular formula is C10H9F3N2O5S. The van der Waals surface area contributed by atoms with Crippen LogP contribution in [0.1, 0.15) is 22.3 Å². The highest BCUT2D eigenvalue weighted by Gasteiger charge is 2.35. The number of nitrogens with one attached hydrogen (secondary N) is 1. The quantitative estimate of drug-likeness (QED) is 0.785. The van der Waals surface area contributed by atoms with Gasteiger partial charge in [0.2, 0.25) is 0 Å². The number of halogens is 3. The van der Waals surface area contributed by atoms with Crippen LogP contribution in [0.5, 0.6) is 0 Å². The van der Waals surface area contributed by atoms with Crippen LogP contribution in [0.4, 0.5) is 13.2 Å². The molecule has 11 heteroatoms. The first-order chi connectivity index (χ1) is 9.53. The lowest BCUT2D eigenvalue weighted by molar-refractivity contribution is -0.138. The Hall–Kier alpha value is -2.01. The van der Waals surface area contributed by atoms with Crippen LogP contribution < -0.4 is 5.32 Å². The van der Waals surface area contributed by atoms with E-state index in [1.807, 2.05) is 5.32 Å². The van der Waals surface area contributed by atoms with E-state index in [9.17, 15) is 31.2 Å². The van der Waals surface area contributed by atoms with Crippen molar-refractivity contribution in [3.8, 4) is 0 Å². The van der Waals surface area contributed by atoms with Gasteiger partial charge >= 0.3 is 16.3 Å². The number of rotatable bonds is 4. The lowest BCUT2D eigenvalue weighted by Crippen LogP contribution is -2.29. The Labute approximate surface area is 116 Å². The fourth-order valence-electron chi connectivity index (χ4n) is 1.32. The molecule has 21 heavy (non-hydrogen) atoms. The summed E-state index contributed by atoms with van der Waals surface area (Å²) in [6.45, 7) is -0.552. The second-order valence-corrected chi connectivity index (χ2v) is 5.18. The number of amides is 1. The highest BCUT2D eigenvalue weighted by molar-refractivity contribution is 8.01. The third kappa shape index (κ3) is 4.79. The molecule has 0 aliphatic heterocycles. The number of pyridine rings is 1. The molecule has 0 spiro atoms. The summed E-state index contributed by atoms with van der Waals surface area (Å²) in [5.41, 5.74) is -1.97. The van der Waals surface area contributed by atoms with Gasteiger partial charge in [0.15, 0.2) is 0 Å². The van der Waals surface area contributed by atoms with Gasteiger partial charge in [0.05, 0.1) is 11.1 Å². The minimum atomic E-state index is -4.88. The Morgan fingerprint density at radius 2 is 1.95 bits per heavy atom. The van der Waals surface area contributed by atoms with Crippen molar-refractivity contribution in [3.63, 3.8) is 0 Å². The van der Waals surface area contributed by atoms with Crippen LogP contribution in [0.15, 0.2) is 18.5 Å². The smallest absolute Gasteiger partial charge is 0.351 e. The van der Waals surface area contributed by atoms with Crippen LogP contribution in [0.25, 0.3) is 0 Å². The van der Waals surface area contributed by atoms with E-state index >= 15 is 0 Å². The molecule has 0 saturated carbocycles. The molecule has 0 aliphatic rings. The van der Waals surface area contributed by atoms with Crippen LogP contribution in [0, 0.1) is 0 Å². The van der Waals surface area contributed by atoms with Crippen LogP contribution in [-0.4, -0.2) is 35.5 Å². The molecule has 0 radical (unpaired) electrons. The minimum Gasteiger partial charge on any atom is -0.351 e. The molecule has 0 saturated heterocycles. The number of alkyl halides is 3. The first-order valence-corrected chi connectivity index (χ1v) is 6.77. The molecule has 116 valence electrons. The number of hydrogen-bond donors (Lipinski definition) is 2. The lowest BCUT2D eigenvalue weighted by atomic mass is 10.1. The zero-order valence-corrected chi connectivity index (χ0v) is 11.0. The molecule has 1 heterocycles. The molecule has 0 aromatic carbocycles. The number of carbonyl (C=O) groups excluding carboxylic acids is 2. The van der Waals surface area contributed by atoms with E-state index in [4.69, 9.17) is 4.55 Å². The van der Waals surface area contributed by atoms with Gasteiger partial charge in [0.25, 0.3) is 11.0 Å². The van der Waals surface area contributed by atoms with Gasteiger partial charge in [-0.1, -0.05) is 0 Å². The topological polar surface area (TPSA) is 113 Å². The molecule has 0 aliphatic carbocycles. The van der Waals surface area contributed by atoms with Crippen molar-refractivity contribution < 1.29 is 35.7 Å². The highest BCUT2D eigenvalue weighted by Crippen LogP contribution is 2.31. The second kappa shape index (κ2) is 6.18. The van der Waals surface area contributed by atoms with Gasteiger partial charge in [-0.05, 0) is 6.07 Å². The van der Waals surface area contributed by atoms with Crippen LogP contribution in [-0.2, 0) is 21.1 Å². The molecule has 2 N–H and O–H groups in total. The minimum absolute atomic E-state index is 0.552. The van der Waals surface area contributed by atoms with Gasteiger partial charge < -0.3 is 5.32 Å². The Morgan fingerprint density at radius 1 is 1.33 bits per heavy atom. The number of nitrogens with zero attached hydrogens (tertiary/aromatic N) is 1. The summed E-state index contributed by atoms with van der Waals surface area (Å²) in [6.07, 6.45) is -3.98. The molecule has 1 amide bonds. The zero-order valence-electron chi connectivity index (χ0n) is 10.2. The van der Waals surface area contributed by atoms with E-state index in [1.54, 1.807) is 0 Å². The predicted octanol–water partition coefficient (Wildman–Crippen LogP) is 0.635. The zero-order chi connectivity index (χ0) is 16.3. The standard InChI is InChI=1S/C10H9F3N2O5S/c11-10(12,13)7-1-3-14-5-6(7)9(17)15-4-2-8(16)21(18,19)20/h1,3,5H,2,4H2,(H,15,17)(H,18,19,20). The molecule has 1 rings (SSSR count). The summed E-state index contributed by atoms with van der Waals surface area (Å²) in [4.78, 5) is 25.8. The summed E-state index contributed by atoms with van der Waals surface area (Å²) < 4.78 is 67.1. The second-order valence-electron chi connectivity index (χ2n) is 3.77. The Kier molecular flexibility index (Phi) is 5.01. The maximum absolute atomic E-state index is 12.6.